The van der Waals surface area contributed by atoms with Crippen molar-refractivity contribution in [2.75, 3.05) is 25.2 Å². The third kappa shape index (κ3) is 5.58. The maximum absolute atomic E-state index is 12.4. The summed E-state index contributed by atoms with van der Waals surface area (Å²) in [5, 5.41) is 0.467. The Morgan fingerprint density at radius 1 is 1.30 bits per heavy atom. The van der Waals surface area contributed by atoms with Crippen LogP contribution in [0, 0.1) is 12.8 Å². The van der Waals surface area contributed by atoms with Gasteiger partial charge in [0.1, 0.15) is 11.0 Å². The lowest BCUT2D eigenvalue weighted by molar-refractivity contribution is -0.128. The van der Waals surface area contributed by atoms with Crippen LogP contribution in [-0.4, -0.2) is 43.2 Å². The maximum Gasteiger partial charge on any atom is 0.350 e. The second kappa shape index (κ2) is 8.98. The zero-order valence-electron chi connectivity index (χ0n) is 14.7. The molecule has 1 aromatic heterocycles. The average Bonchev–Trinajstić information content (AvgIpc) is 2.87. The highest BCUT2D eigenvalue weighted by molar-refractivity contribution is 7.17. The lowest BCUT2D eigenvalue weighted by Crippen LogP contribution is -2.36. The third-order valence-corrected chi connectivity index (χ3v) is 4.49. The summed E-state index contributed by atoms with van der Waals surface area (Å²) in [4.78, 5) is 30.4. The average molecular weight is 342 g/mol. The summed E-state index contributed by atoms with van der Waals surface area (Å²) in [6.07, 6.45) is 0.360. The van der Waals surface area contributed by atoms with Gasteiger partial charge in [0.05, 0.1) is 12.3 Å². The topological polar surface area (TPSA) is 68.7 Å². The van der Waals surface area contributed by atoms with Crippen LogP contribution in [0.3, 0.4) is 0 Å². The van der Waals surface area contributed by atoms with E-state index < -0.39 is 12.1 Å². The van der Waals surface area contributed by atoms with Gasteiger partial charge in [-0.25, -0.2) is 9.78 Å². The van der Waals surface area contributed by atoms with Gasteiger partial charge in [-0.1, -0.05) is 25.2 Å². The van der Waals surface area contributed by atoms with E-state index in [1.807, 2.05) is 0 Å². The quantitative estimate of drug-likeness (QED) is 0.679. The van der Waals surface area contributed by atoms with Crippen LogP contribution in [0.4, 0.5) is 5.13 Å². The minimum atomic E-state index is -0.547. The van der Waals surface area contributed by atoms with Crippen molar-refractivity contribution in [3.05, 3.63) is 10.6 Å². The number of carbonyl (C=O) groups is 2. The maximum atomic E-state index is 12.4. The second-order valence-corrected chi connectivity index (χ2v) is 6.70. The van der Waals surface area contributed by atoms with Gasteiger partial charge in [-0.2, -0.15) is 0 Å². The van der Waals surface area contributed by atoms with E-state index in [-0.39, 0.29) is 5.91 Å². The Morgan fingerprint density at radius 2 is 1.96 bits per heavy atom. The lowest BCUT2D eigenvalue weighted by atomic mass is 10.1. The van der Waals surface area contributed by atoms with Crippen molar-refractivity contribution in [2.45, 2.75) is 47.1 Å². The summed E-state index contributed by atoms with van der Waals surface area (Å²) in [6.45, 7) is 10.3. The van der Waals surface area contributed by atoms with E-state index in [4.69, 9.17) is 9.47 Å². The van der Waals surface area contributed by atoms with Crippen LogP contribution in [0.5, 0.6) is 0 Å². The summed E-state index contributed by atoms with van der Waals surface area (Å²) < 4.78 is 10.6. The molecule has 1 heterocycles. The molecule has 0 N–H and O–H groups in total. The molecule has 0 aliphatic heterocycles. The summed E-state index contributed by atoms with van der Waals surface area (Å²) in [5.74, 6) is -0.0578. The molecule has 0 saturated heterocycles. The first-order chi connectivity index (χ1) is 10.8. The van der Waals surface area contributed by atoms with Crippen LogP contribution in [0.15, 0.2) is 0 Å². The van der Waals surface area contributed by atoms with Gasteiger partial charge in [-0.05, 0) is 33.1 Å². The van der Waals surface area contributed by atoms with E-state index in [9.17, 15) is 9.59 Å². The van der Waals surface area contributed by atoms with E-state index in [0.29, 0.717) is 34.8 Å². The number of thiazole rings is 1. The molecule has 0 fully saturated rings. The molecule has 6 nitrogen and oxygen atoms in total. The first kappa shape index (κ1) is 19.6. The van der Waals surface area contributed by atoms with E-state index >= 15 is 0 Å². The second-order valence-electron chi connectivity index (χ2n) is 5.72. The Morgan fingerprint density at radius 3 is 2.52 bits per heavy atom. The van der Waals surface area contributed by atoms with Crippen molar-refractivity contribution in [3.63, 3.8) is 0 Å². The zero-order valence-corrected chi connectivity index (χ0v) is 15.5. The number of aryl methyl sites for hydroxylation is 1. The Labute approximate surface area is 141 Å². The Hall–Kier alpha value is -1.47. The molecule has 0 spiro atoms. The number of aromatic nitrogens is 1. The van der Waals surface area contributed by atoms with E-state index in [1.165, 1.54) is 4.90 Å². The molecular formula is C16H26N2O4S. The normalized spacial score (nSPS) is 12.3. The molecule has 0 radical (unpaired) electrons. The van der Waals surface area contributed by atoms with Gasteiger partial charge in [0.25, 0.3) is 5.91 Å². The predicted molar refractivity (Wildman–Crippen MR) is 91.1 cm³/mol. The molecule has 130 valence electrons. The summed E-state index contributed by atoms with van der Waals surface area (Å²) in [6, 6.07) is 0. The van der Waals surface area contributed by atoms with Gasteiger partial charge in [0.15, 0.2) is 5.13 Å². The van der Waals surface area contributed by atoms with E-state index in [0.717, 1.165) is 17.8 Å². The lowest BCUT2D eigenvalue weighted by Gasteiger charge is -2.19. The smallest absolute Gasteiger partial charge is 0.350 e. The van der Waals surface area contributed by atoms with Crippen LogP contribution in [-0.2, 0) is 14.3 Å². The van der Waals surface area contributed by atoms with E-state index in [2.05, 4.69) is 18.8 Å². The van der Waals surface area contributed by atoms with Crippen LogP contribution in [0.25, 0.3) is 0 Å². The standard InChI is InChI=1S/C16H26N2O4S/c1-7-21-15(20)13-11(4)17-16(23-13)18(6)14(19)12(5)22-9-8-10(2)3/h10,12H,7-9H2,1-6H3. The Bertz CT molecular complexity index is 542. The molecule has 1 rings (SSSR count). The summed E-state index contributed by atoms with van der Waals surface area (Å²) >= 11 is 1.15. The van der Waals surface area contributed by atoms with Crippen LogP contribution >= 0.6 is 11.3 Å². The Kier molecular flexibility index (Phi) is 7.64. The first-order valence-electron chi connectivity index (χ1n) is 7.81. The van der Waals surface area contributed by atoms with Crippen molar-refractivity contribution < 1.29 is 19.1 Å². The van der Waals surface area contributed by atoms with Gasteiger partial charge in [-0.15, -0.1) is 0 Å². The highest BCUT2D eigenvalue weighted by Crippen LogP contribution is 2.26. The fourth-order valence-electron chi connectivity index (χ4n) is 1.83. The predicted octanol–water partition coefficient (Wildman–Crippen LogP) is 3.04. The van der Waals surface area contributed by atoms with Gasteiger partial charge < -0.3 is 9.47 Å². The van der Waals surface area contributed by atoms with Crippen molar-refractivity contribution >= 4 is 28.3 Å². The third-order valence-electron chi connectivity index (χ3n) is 3.27. The number of ether oxygens (including phenoxy) is 2. The number of anilines is 1. The van der Waals surface area contributed by atoms with Crippen molar-refractivity contribution in [3.8, 4) is 0 Å². The number of esters is 1. The van der Waals surface area contributed by atoms with Gasteiger partial charge in [-0.3, -0.25) is 9.69 Å². The van der Waals surface area contributed by atoms with Crippen molar-refractivity contribution in [1.82, 2.24) is 4.98 Å². The highest BCUT2D eigenvalue weighted by atomic mass is 32.1. The number of carbonyl (C=O) groups excluding carboxylic acids is 2. The fraction of sp³-hybridized carbons (Fsp3) is 0.688. The molecule has 1 amide bonds. The zero-order chi connectivity index (χ0) is 17.6. The first-order valence-corrected chi connectivity index (χ1v) is 8.63. The monoisotopic (exact) mass is 342 g/mol. The number of hydrogen-bond donors (Lipinski definition) is 0. The number of amides is 1. The molecular weight excluding hydrogens is 316 g/mol. The van der Waals surface area contributed by atoms with Crippen LogP contribution in [0.1, 0.15) is 49.5 Å². The molecule has 1 unspecified atom stereocenters. The van der Waals surface area contributed by atoms with Crippen LogP contribution in [0.2, 0.25) is 0 Å². The van der Waals surface area contributed by atoms with Crippen LogP contribution < -0.4 is 4.90 Å². The summed E-state index contributed by atoms with van der Waals surface area (Å²) in [5.41, 5.74) is 0.566. The van der Waals surface area contributed by atoms with Gasteiger partial charge >= 0.3 is 5.97 Å². The highest BCUT2D eigenvalue weighted by Gasteiger charge is 2.24. The number of nitrogens with zero attached hydrogens (tertiary/aromatic N) is 2. The largest absolute Gasteiger partial charge is 0.462 e. The van der Waals surface area contributed by atoms with Gasteiger partial charge in [0, 0.05) is 13.7 Å². The van der Waals surface area contributed by atoms with Crippen molar-refractivity contribution in [2.24, 2.45) is 5.92 Å². The van der Waals surface area contributed by atoms with Crippen molar-refractivity contribution in [1.29, 1.82) is 0 Å². The summed E-state index contributed by atoms with van der Waals surface area (Å²) in [7, 11) is 1.64. The molecule has 23 heavy (non-hydrogen) atoms. The molecule has 7 heteroatoms. The Balaban J connectivity index is 2.72. The van der Waals surface area contributed by atoms with Gasteiger partial charge in [0.2, 0.25) is 0 Å². The number of likely N-dealkylation sites (N-methyl/N-ethyl adjacent to an activating group) is 1. The fourth-order valence-corrected chi connectivity index (χ4v) is 2.76. The molecule has 0 saturated carbocycles. The molecule has 1 atom stereocenters. The molecule has 0 aliphatic carbocycles. The SMILES string of the molecule is CCOC(=O)c1sc(N(C)C(=O)C(C)OCCC(C)C)nc1C. The van der Waals surface area contributed by atoms with E-state index in [1.54, 1.807) is 27.8 Å². The minimum Gasteiger partial charge on any atom is -0.462 e. The molecule has 0 bridgehead atoms. The molecule has 1 aromatic rings. The molecule has 0 aromatic carbocycles. The minimum absolute atomic E-state index is 0.182. The number of rotatable bonds is 8. The number of hydrogen-bond acceptors (Lipinski definition) is 6. The molecule has 0 aliphatic rings.